The van der Waals surface area contributed by atoms with Gasteiger partial charge < -0.3 is 10.1 Å². The Bertz CT molecular complexity index is 1200. The molecule has 1 aliphatic rings. The van der Waals surface area contributed by atoms with Crippen molar-refractivity contribution in [3.63, 3.8) is 0 Å². The third-order valence-electron chi connectivity index (χ3n) is 4.55. The number of carbonyl (C=O) groups is 1. The maximum atomic E-state index is 13.9. The molecule has 1 atom stereocenters. The van der Waals surface area contributed by atoms with E-state index in [0.29, 0.717) is 11.8 Å². The first-order valence-corrected chi connectivity index (χ1v) is 10.4. The van der Waals surface area contributed by atoms with Gasteiger partial charge in [0, 0.05) is 6.07 Å². The number of halogens is 2. The molecule has 0 aromatic heterocycles. The molecule has 3 aromatic rings. The lowest BCUT2D eigenvalue weighted by molar-refractivity contribution is -0.122. The van der Waals surface area contributed by atoms with Crippen LogP contribution >= 0.6 is 0 Å². The van der Waals surface area contributed by atoms with Gasteiger partial charge in [0.05, 0.1) is 22.8 Å². The average Bonchev–Trinajstić information content (AvgIpc) is 2.75. The van der Waals surface area contributed by atoms with Gasteiger partial charge in [-0.3, -0.25) is 9.10 Å². The predicted octanol–water partition coefficient (Wildman–Crippen LogP) is 3.56. The summed E-state index contributed by atoms with van der Waals surface area (Å²) < 4.78 is 60.2. The van der Waals surface area contributed by atoms with E-state index >= 15 is 0 Å². The number of hydrogen-bond acceptors (Lipinski definition) is 4. The van der Waals surface area contributed by atoms with E-state index in [1.807, 2.05) is 0 Å². The molecular formula is C21H16F2N2O4S. The maximum Gasteiger partial charge on any atom is 0.267 e. The van der Waals surface area contributed by atoms with Gasteiger partial charge in [-0.1, -0.05) is 30.3 Å². The van der Waals surface area contributed by atoms with Crippen LogP contribution < -0.4 is 14.4 Å². The highest BCUT2D eigenvalue weighted by Crippen LogP contribution is 2.37. The Kier molecular flexibility index (Phi) is 5.13. The first kappa shape index (κ1) is 19.8. The molecule has 9 heteroatoms. The Morgan fingerprint density at radius 1 is 1.00 bits per heavy atom. The lowest BCUT2D eigenvalue weighted by atomic mass is 10.2. The Morgan fingerprint density at radius 3 is 2.43 bits per heavy atom. The van der Waals surface area contributed by atoms with Crippen molar-refractivity contribution in [3.8, 4) is 5.75 Å². The molecule has 0 saturated heterocycles. The van der Waals surface area contributed by atoms with Crippen molar-refractivity contribution in [1.29, 1.82) is 0 Å². The molecule has 154 valence electrons. The second-order valence-electron chi connectivity index (χ2n) is 6.54. The molecule has 1 N–H and O–H groups in total. The molecule has 0 aliphatic carbocycles. The quantitative estimate of drug-likeness (QED) is 0.687. The molecule has 0 fully saturated rings. The second kappa shape index (κ2) is 7.75. The van der Waals surface area contributed by atoms with E-state index in [-0.39, 0.29) is 22.9 Å². The van der Waals surface area contributed by atoms with Crippen LogP contribution in [0.1, 0.15) is 0 Å². The van der Waals surface area contributed by atoms with Gasteiger partial charge >= 0.3 is 0 Å². The van der Waals surface area contributed by atoms with Crippen LogP contribution in [0.15, 0.2) is 77.7 Å². The Hall–Kier alpha value is -3.46. The molecule has 1 unspecified atom stereocenters. The molecule has 6 nitrogen and oxygen atoms in total. The van der Waals surface area contributed by atoms with E-state index in [0.717, 1.165) is 16.4 Å². The Morgan fingerprint density at radius 2 is 1.70 bits per heavy atom. The monoisotopic (exact) mass is 430 g/mol. The molecule has 3 aromatic carbocycles. The van der Waals surface area contributed by atoms with E-state index < -0.39 is 33.7 Å². The number of rotatable bonds is 4. The summed E-state index contributed by atoms with van der Waals surface area (Å²) in [6, 6.07) is 16.9. The first-order chi connectivity index (χ1) is 14.4. The van der Waals surface area contributed by atoms with Crippen molar-refractivity contribution in [2.24, 2.45) is 0 Å². The fourth-order valence-electron chi connectivity index (χ4n) is 3.09. The molecule has 1 aliphatic heterocycles. The standard InChI is InChI=1S/C21H16F2N2O4S/c22-14-10-11-17(16(23)12-14)24-21(26)20-13-25(18-8-4-5-9-19(18)29-20)30(27,28)15-6-2-1-3-7-15/h1-12,20H,13H2,(H,24,26). The second-order valence-corrected chi connectivity index (χ2v) is 8.40. The van der Waals surface area contributed by atoms with Crippen LogP contribution in [0.5, 0.6) is 5.75 Å². The van der Waals surface area contributed by atoms with Crippen LogP contribution in [0.3, 0.4) is 0 Å². The zero-order chi connectivity index (χ0) is 21.3. The third kappa shape index (κ3) is 3.71. The van der Waals surface area contributed by atoms with Gasteiger partial charge in [0.25, 0.3) is 15.9 Å². The summed E-state index contributed by atoms with van der Waals surface area (Å²) in [5.41, 5.74) is 0.0553. The normalized spacial score (nSPS) is 15.8. The molecule has 0 spiro atoms. The largest absolute Gasteiger partial charge is 0.476 e. The number of benzene rings is 3. The minimum atomic E-state index is -3.98. The molecule has 1 amide bonds. The molecular weight excluding hydrogens is 414 g/mol. The third-order valence-corrected chi connectivity index (χ3v) is 6.34. The van der Waals surface area contributed by atoms with E-state index in [9.17, 15) is 22.0 Å². The number of nitrogens with one attached hydrogen (secondary N) is 1. The SMILES string of the molecule is O=C(Nc1ccc(F)cc1F)C1CN(S(=O)(=O)c2ccccc2)c2ccccc2O1. The van der Waals surface area contributed by atoms with Crippen molar-refractivity contribution in [3.05, 3.63) is 84.4 Å². The zero-order valence-electron chi connectivity index (χ0n) is 15.5. The minimum absolute atomic E-state index is 0.0606. The fourth-order valence-corrected chi connectivity index (χ4v) is 4.59. The van der Waals surface area contributed by atoms with E-state index in [1.54, 1.807) is 42.5 Å². The first-order valence-electron chi connectivity index (χ1n) is 8.95. The van der Waals surface area contributed by atoms with Gasteiger partial charge in [0.2, 0.25) is 0 Å². The number of ether oxygens (including phenoxy) is 1. The number of anilines is 2. The van der Waals surface area contributed by atoms with Crippen LogP contribution in [0.2, 0.25) is 0 Å². The van der Waals surface area contributed by atoms with Gasteiger partial charge in [-0.25, -0.2) is 17.2 Å². The number of amides is 1. The van der Waals surface area contributed by atoms with Crippen LogP contribution in [0, 0.1) is 11.6 Å². The summed E-state index contributed by atoms with van der Waals surface area (Å²) in [6.45, 7) is -0.317. The lowest BCUT2D eigenvalue weighted by Crippen LogP contribution is -2.48. The van der Waals surface area contributed by atoms with E-state index in [2.05, 4.69) is 5.32 Å². The van der Waals surface area contributed by atoms with Gasteiger partial charge in [0.15, 0.2) is 6.10 Å². The van der Waals surface area contributed by atoms with Crippen LogP contribution in [0.4, 0.5) is 20.2 Å². The molecule has 4 rings (SSSR count). The zero-order valence-corrected chi connectivity index (χ0v) is 16.3. The summed E-state index contributed by atoms with van der Waals surface area (Å²) in [5, 5.41) is 2.32. The number of para-hydroxylation sites is 2. The molecule has 0 bridgehead atoms. The van der Waals surface area contributed by atoms with Crippen molar-refractivity contribution >= 4 is 27.3 Å². The highest BCUT2D eigenvalue weighted by molar-refractivity contribution is 7.92. The molecule has 30 heavy (non-hydrogen) atoms. The summed E-state index contributed by atoms with van der Waals surface area (Å²) in [6.07, 6.45) is -1.25. The van der Waals surface area contributed by atoms with Gasteiger partial charge in [-0.05, 0) is 36.4 Å². The van der Waals surface area contributed by atoms with Crippen molar-refractivity contribution in [2.45, 2.75) is 11.0 Å². The highest BCUT2D eigenvalue weighted by Gasteiger charge is 2.37. The summed E-state index contributed by atoms with van der Waals surface area (Å²) >= 11 is 0. The molecule has 1 heterocycles. The van der Waals surface area contributed by atoms with E-state index in [4.69, 9.17) is 4.74 Å². The Balaban J connectivity index is 1.67. The fraction of sp³-hybridized carbons (Fsp3) is 0.0952. The Labute approximate surface area is 171 Å². The van der Waals surface area contributed by atoms with Crippen LogP contribution in [0.25, 0.3) is 0 Å². The lowest BCUT2D eigenvalue weighted by Gasteiger charge is -2.34. The maximum absolute atomic E-state index is 13.9. The number of sulfonamides is 1. The van der Waals surface area contributed by atoms with Crippen LogP contribution in [-0.2, 0) is 14.8 Å². The predicted molar refractivity (Wildman–Crippen MR) is 107 cm³/mol. The number of hydrogen-bond donors (Lipinski definition) is 1. The van der Waals surface area contributed by atoms with Crippen LogP contribution in [-0.4, -0.2) is 27.0 Å². The smallest absolute Gasteiger partial charge is 0.267 e. The summed E-state index contributed by atoms with van der Waals surface area (Å²) in [5.74, 6) is -2.30. The minimum Gasteiger partial charge on any atom is -0.476 e. The summed E-state index contributed by atoms with van der Waals surface area (Å²) in [4.78, 5) is 12.8. The molecule has 0 radical (unpaired) electrons. The topological polar surface area (TPSA) is 75.7 Å². The number of nitrogens with zero attached hydrogens (tertiary/aromatic N) is 1. The van der Waals surface area contributed by atoms with Gasteiger partial charge in [0.1, 0.15) is 17.4 Å². The average molecular weight is 430 g/mol. The van der Waals surface area contributed by atoms with Crippen molar-refractivity contribution in [2.75, 3.05) is 16.2 Å². The number of carbonyl (C=O) groups excluding carboxylic acids is 1. The summed E-state index contributed by atoms with van der Waals surface area (Å²) in [7, 11) is -3.98. The van der Waals surface area contributed by atoms with Gasteiger partial charge in [-0.15, -0.1) is 0 Å². The number of fused-ring (bicyclic) bond motifs is 1. The molecule has 0 saturated carbocycles. The van der Waals surface area contributed by atoms with Crippen molar-refractivity contribution in [1.82, 2.24) is 0 Å². The highest BCUT2D eigenvalue weighted by atomic mass is 32.2. The van der Waals surface area contributed by atoms with Crippen molar-refractivity contribution < 1.29 is 26.7 Å². The van der Waals surface area contributed by atoms with Gasteiger partial charge in [-0.2, -0.15) is 0 Å². The van der Waals surface area contributed by atoms with E-state index in [1.165, 1.54) is 12.1 Å².